The average molecular weight is 333 g/mol. The highest BCUT2D eigenvalue weighted by Crippen LogP contribution is 2.19. The molecule has 2 aromatic rings. The molecule has 0 aliphatic carbocycles. The fourth-order valence-electron chi connectivity index (χ4n) is 1.84. The summed E-state index contributed by atoms with van der Waals surface area (Å²) in [5.41, 5.74) is 0.269. The number of hydrogen-bond donors (Lipinski definition) is 0. The molecule has 0 amide bonds. The van der Waals surface area contributed by atoms with Gasteiger partial charge in [-0.25, -0.2) is 4.79 Å². The molecule has 0 unspecified atom stereocenters. The van der Waals surface area contributed by atoms with E-state index in [0.29, 0.717) is 16.1 Å². The Hall–Kier alpha value is -2.33. The van der Waals surface area contributed by atoms with E-state index in [2.05, 4.69) is 0 Å². The van der Waals surface area contributed by atoms with E-state index in [0.717, 1.165) is 0 Å². The summed E-state index contributed by atoms with van der Waals surface area (Å²) in [6, 6.07) is 13.0. The van der Waals surface area contributed by atoms with E-state index in [1.54, 1.807) is 63.2 Å². The summed E-state index contributed by atoms with van der Waals surface area (Å²) in [6.45, 7) is 5.23. The van der Waals surface area contributed by atoms with Crippen molar-refractivity contribution in [3.8, 4) is 5.75 Å². The molecular weight excluding hydrogens is 316 g/mol. The minimum absolute atomic E-state index is 0.184. The van der Waals surface area contributed by atoms with E-state index in [9.17, 15) is 9.59 Å². The molecule has 0 fully saturated rings. The summed E-state index contributed by atoms with van der Waals surface area (Å²) < 4.78 is 10.2. The SMILES string of the molecule is CC(C)(C)OC(=O)Oc1cccc(C(=O)c2ccc(Cl)cc2)c1. The second-order valence-corrected chi connectivity index (χ2v) is 6.37. The summed E-state index contributed by atoms with van der Waals surface area (Å²) in [5.74, 6) is 0.0652. The zero-order valence-corrected chi connectivity index (χ0v) is 13.9. The maximum Gasteiger partial charge on any atom is 0.514 e. The summed E-state index contributed by atoms with van der Waals surface area (Å²) in [5, 5.41) is 0.559. The topological polar surface area (TPSA) is 52.6 Å². The first kappa shape index (κ1) is 17.0. The minimum Gasteiger partial charge on any atom is -0.428 e. The number of halogens is 1. The van der Waals surface area contributed by atoms with Gasteiger partial charge >= 0.3 is 6.16 Å². The zero-order chi connectivity index (χ0) is 17.0. The standard InChI is InChI=1S/C18H17ClO4/c1-18(2,3)23-17(21)22-15-6-4-5-13(11-15)16(20)12-7-9-14(19)10-8-12/h4-11H,1-3H3. The van der Waals surface area contributed by atoms with Crippen molar-refractivity contribution in [2.24, 2.45) is 0 Å². The van der Waals surface area contributed by atoms with E-state index in [4.69, 9.17) is 21.1 Å². The van der Waals surface area contributed by atoms with Gasteiger partial charge in [0.2, 0.25) is 0 Å². The molecule has 2 aromatic carbocycles. The van der Waals surface area contributed by atoms with Crippen molar-refractivity contribution in [1.82, 2.24) is 0 Å². The van der Waals surface area contributed by atoms with Gasteiger partial charge in [-0.1, -0.05) is 23.7 Å². The second-order valence-electron chi connectivity index (χ2n) is 5.93. The lowest BCUT2D eigenvalue weighted by atomic mass is 10.0. The first-order valence-electron chi connectivity index (χ1n) is 7.06. The van der Waals surface area contributed by atoms with Crippen molar-refractivity contribution in [3.05, 3.63) is 64.7 Å². The van der Waals surface area contributed by atoms with Gasteiger partial charge in [0.25, 0.3) is 0 Å². The van der Waals surface area contributed by atoms with Gasteiger partial charge in [0.15, 0.2) is 5.78 Å². The largest absolute Gasteiger partial charge is 0.514 e. The molecule has 0 atom stereocenters. The van der Waals surface area contributed by atoms with Crippen molar-refractivity contribution in [2.75, 3.05) is 0 Å². The van der Waals surface area contributed by atoms with Crippen molar-refractivity contribution in [3.63, 3.8) is 0 Å². The van der Waals surface area contributed by atoms with Crippen LogP contribution in [0.25, 0.3) is 0 Å². The minimum atomic E-state index is -0.811. The molecule has 120 valence electrons. The van der Waals surface area contributed by atoms with Crippen molar-refractivity contribution < 1.29 is 19.1 Å². The lowest BCUT2D eigenvalue weighted by Crippen LogP contribution is -2.26. The highest BCUT2D eigenvalue weighted by molar-refractivity contribution is 6.30. The molecule has 4 nitrogen and oxygen atoms in total. The van der Waals surface area contributed by atoms with E-state index in [-0.39, 0.29) is 11.5 Å². The Bertz CT molecular complexity index is 715. The molecule has 2 rings (SSSR count). The van der Waals surface area contributed by atoms with Gasteiger partial charge in [-0.2, -0.15) is 0 Å². The fourth-order valence-corrected chi connectivity index (χ4v) is 1.96. The van der Waals surface area contributed by atoms with Crippen LogP contribution in [0.4, 0.5) is 4.79 Å². The first-order chi connectivity index (χ1) is 10.7. The monoisotopic (exact) mass is 332 g/mol. The Morgan fingerprint density at radius 3 is 2.22 bits per heavy atom. The Balaban J connectivity index is 2.15. The van der Waals surface area contributed by atoms with E-state index < -0.39 is 11.8 Å². The van der Waals surface area contributed by atoms with Gasteiger partial charge < -0.3 is 9.47 Å². The van der Waals surface area contributed by atoms with Crippen LogP contribution in [0.5, 0.6) is 5.75 Å². The van der Waals surface area contributed by atoms with Crippen LogP contribution in [0.1, 0.15) is 36.7 Å². The van der Waals surface area contributed by atoms with Crippen molar-refractivity contribution in [2.45, 2.75) is 26.4 Å². The molecule has 5 heteroatoms. The van der Waals surface area contributed by atoms with Crippen molar-refractivity contribution >= 4 is 23.5 Å². The maximum atomic E-state index is 12.4. The molecule has 0 radical (unpaired) electrons. The Kier molecular flexibility index (Phi) is 5.06. The molecule has 0 spiro atoms. The van der Waals surface area contributed by atoms with Gasteiger partial charge in [-0.15, -0.1) is 0 Å². The second kappa shape index (κ2) is 6.84. The van der Waals surface area contributed by atoms with Gasteiger partial charge in [0.05, 0.1) is 0 Å². The number of ether oxygens (including phenoxy) is 2. The molecule has 23 heavy (non-hydrogen) atoms. The van der Waals surface area contributed by atoms with Crippen molar-refractivity contribution in [1.29, 1.82) is 0 Å². The van der Waals surface area contributed by atoms with Gasteiger partial charge in [-0.3, -0.25) is 4.79 Å². The lowest BCUT2D eigenvalue weighted by Gasteiger charge is -2.18. The average Bonchev–Trinajstić information content (AvgIpc) is 2.45. The quantitative estimate of drug-likeness (QED) is 0.456. The summed E-state index contributed by atoms with van der Waals surface area (Å²) >= 11 is 5.81. The van der Waals surface area contributed by atoms with Gasteiger partial charge in [0.1, 0.15) is 11.4 Å². The third kappa shape index (κ3) is 5.11. The van der Waals surface area contributed by atoms with Crippen LogP contribution < -0.4 is 4.74 Å². The highest BCUT2D eigenvalue weighted by atomic mass is 35.5. The smallest absolute Gasteiger partial charge is 0.428 e. The Morgan fingerprint density at radius 1 is 0.957 bits per heavy atom. The van der Waals surface area contributed by atoms with E-state index >= 15 is 0 Å². The third-order valence-electron chi connectivity index (χ3n) is 2.79. The normalized spacial score (nSPS) is 11.0. The van der Waals surface area contributed by atoms with Crippen LogP contribution in [-0.2, 0) is 4.74 Å². The van der Waals surface area contributed by atoms with E-state index in [1.165, 1.54) is 6.07 Å². The molecule has 0 saturated carbocycles. The van der Waals surface area contributed by atoms with E-state index in [1.807, 2.05) is 0 Å². The summed E-state index contributed by atoms with van der Waals surface area (Å²) in [4.78, 5) is 24.1. The van der Waals surface area contributed by atoms with Gasteiger partial charge in [0, 0.05) is 16.1 Å². The first-order valence-corrected chi connectivity index (χ1v) is 7.43. The van der Waals surface area contributed by atoms with Crippen LogP contribution in [0.2, 0.25) is 5.02 Å². The Labute approximate surface area is 140 Å². The molecule has 0 N–H and O–H groups in total. The predicted octanol–water partition coefficient (Wildman–Crippen LogP) is 4.88. The van der Waals surface area contributed by atoms with Crippen LogP contribution in [0.3, 0.4) is 0 Å². The number of carbonyl (C=O) groups is 2. The molecular formula is C18H17ClO4. The van der Waals surface area contributed by atoms with Gasteiger partial charge in [-0.05, 0) is 57.2 Å². The number of ketones is 1. The highest BCUT2D eigenvalue weighted by Gasteiger charge is 2.18. The Morgan fingerprint density at radius 2 is 1.61 bits per heavy atom. The number of rotatable bonds is 3. The number of benzene rings is 2. The summed E-state index contributed by atoms with van der Waals surface area (Å²) in [6.07, 6.45) is -0.811. The molecule has 0 heterocycles. The van der Waals surface area contributed by atoms with Crippen LogP contribution in [0, 0.1) is 0 Å². The lowest BCUT2D eigenvalue weighted by molar-refractivity contribution is 0.0206. The van der Waals surface area contributed by atoms with Crippen LogP contribution in [0.15, 0.2) is 48.5 Å². The molecule has 0 aromatic heterocycles. The maximum absolute atomic E-state index is 12.4. The number of hydrogen-bond acceptors (Lipinski definition) is 4. The summed E-state index contributed by atoms with van der Waals surface area (Å²) in [7, 11) is 0. The molecule has 0 aliphatic heterocycles. The predicted molar refractivity (Wildman–Crippen MR) is 88.2 cm³/mol. The van der Waals surface area contributed by atoms with Crippen LogP contribution >= 0.6 is 11.6 Å². The molecule has 0 bridgehead atoms. The fraction of sp³-hybridized carbons (Fsp3) is 0.222. The molecule has 0 aliphatic rings. The molecule has 0 saturated heterocycles. The zero-order valence-electron chi connectivity index (χ0n) is 13.1. The third-order valence-corrected chi connectivity index (χ3v) is 3.05. The number of carbonyl (C=O) groups excluding carboxylic acids is 2. The van der Waals surface area contributed by atoms with Crippen LogP contribution in [-0.4, -0.2) is 17.5 Å².